The van der Waals surface area contributed by atoms with Crippen LogP contribution in [-0.4, -0.2) is 47.0 Å². The molecule has 6 N–H and O–H groups in total. The molecule has 0 aliphatic carbocycles. The van der Waals surface area contributed by atoms with Crippen LogP contribution in [0.4, 0.5) is 5.95 Å². The fraction of sp³-hybridized carbons (Fsp3) is 0.292. The minimum absolute atomic E-state index is 0.0794. The van der Waals surface area contributed by atoms with Crippen LogP contribution in [0, 0.1) is 0 Å². The first kappa shape index (κ1) is 24.6. The summed E-state index contributed by atoms with van der Waals surface area (Å²) < 4.78 is 0. The summed E-state index contributed by atoms with van der Waals surface area (Å²) in [5.74, 6) is -0.309. The lowest BCUT2D eigenvalue weighted by Crippen LogP contribution is -2.28. The molecule has 0 aliphatic rings. The first-order valence-corrected chi connectivity index (χ1v) is 11.3. The summed E-state index contributed by atoms with van der Waals surface area (Å²) >= 11 is 5.84. The number of hydrogen-bond donors (Lipinski definition) is 4. The van der Waals surface area contributed by atoms with Crippen LogP contribution in [-0.2, 0) is 6.54 Å². The summed E-state index contributed by atoms with van der Waals surface area (Å²) in [6, 6.07) is 14.2. The number of nitrogens with one attached hydrogen (secondary N) is 2. The number of amides is 1. The molecule has 3 rings (SSSR count). The van der Waals surface area contributed by atoms with E-state index in [1.807, 2.05) is 24.3 Å². The predicted molar refractivity (Wildman–Crippen MR) is 132 cm³/mol. The Balaban J connectivity index is 1.67. The van der Waals surface area contributed by atoms with Crippen molar-refractivity contribution in [2.45, 2.75) is 19.4 Å². The Morgan fingerprint density at radius 2 is 1.64 bits per heavy atom. The van der Waals surface area contributed by atoms with E-state index in [1.54, 1.807) is 30.5 Å². The largest absolute Gasteiger partial charge is 0.331 e. The molecule has 174 valence electrons. The van der Waals surface area contributed by atoms with Gasteiger partial charge in [0.15, 0.2) is 0 Å². The van der Waals surface area contributed by atoms with Crippen molar-refractivity contribution in [1.82, 2.24) is 14.9 Å². The second kappa shape index (κ2) is 12.3. The summed E-state index contributed by atoms with van der Waals surface area (Å²) in [5, 5.41) is 3.12. The molecule has 0 unspecified atom stereocenters. The van der Waals surface area contributed by atoms with Gasteiger partial charge in [0, 0.05) is 23.3 Å². The maximum Gasteiger partial charge on any atom is 0.282 e. The van der Waals surface area contributed by atoms with Gasteiger partial charge in [-0.2, -0.15) is 4.98 Å². The predicted octanol–water partition coefficient (Wildman–Crippen LogP) is 2.84. The number of H-pyrrole nitrogens is 1. The van der Waals surface area contributed by atoms with Gasteiger partial charge in [-0.25, -0.2) is 0 Å². The van der Waals surface area contributed by atoms with Crippen LogP contribution in [0.3, 0.4) is 0 Å². The number of carbonyl (C=O) groups is 1. The van der Waals surface area contributed by atoms with Crippen LogP contribution < -0.4 is 22.3 Å². The monoisotopic (exact) mass is 468 g/mol. The lowest BCUT2D eigenvalue weighted by atomic mass is 10.1. The maximum atomic E-state index is 12.6. The summed E-state index contributed by atoms with van der Waals surface area (Å²) in [4.78, 5) is 34.1. The summed E-state index contributed by atoms with van der Waals surface area (Å²) in [5.41, 5.74) is 13.6. The van der Waals surface area contributed by atoms with Crippen LogP contribution in [0.1, 0.15) is 28.8 Å². The van der Waals surface area contributed by atoms with Gasteiger partial charge in [-0.3, -0.25) is 19.8 Å². The number of benzene rings is 2. The van der Waals surface area contributed by atoms with Gasteiger partial charge in [0.25, 0.3) is 11.5 Å². The number of rotatable bonds is 11. The summed E-state index contributed by atoms with van der Waals surface area (Å²) in [6.07, 6.45) is 3.42. The molecule has 1 amide bonds. The Bertz CT molecular complexity index is 1090. The number of nitrogens with two attached hydrogens (primary N) is 2. The number of hydrogen-bond acceptors (Lipinski definition) is 6. The molecule has 0 radical (unpaired) electrons. The molecule has 9 heteroatoms. The van der Waals surface area contributed by atoms with Crippen LogP contribution in [0.5, 0.6) is 0 Å². The fourth-order valence-electron chi connectivity index (χ4n) is 3.40. The van der Waals surface area contributed by atoms with Gasteiger partial charge in [-0.1, -0.05) is 35.9 Å². The van der Waals surface area contributed by atoms with Gasteiger partial charge in [-0.05, 0) is 74.4 Å². The van der Waals surface area contributed by atoms with Crippen molar-refractivity contribution in [3.8, 4) is 11.1 Å². The quantitative estimate of drug-likeness (QED) is 0.342. The van der Waals surface area contributed by atoms with E-state index in [1.165, 1.54) is 0 Å². The highest BCUT2D eigenvalue weighted by molar-refractivity contribution is 6.30. The third-order valence-electron chi connectivity index (χ3n) is 5.16. The van der Waals surface area contributed by atoms with E-state index in [4.69, 9.17) is 23.1 Å². The summed E-state index contributed by atoms with van der Waals surface area (Å²) in [7, 11) is 0. The van der Waals surface area contributed by atoms with E-state index in [-0.39, 0.29) is 11.9 Å². The first-order chi connectivity index (χ1) is 16.0. The van der Waals surface area contributed by atoms with E-state index in [0.717, 1.165) is 43.6 Å². The molecule has 0 bridgehead atoms. The second-order valence-corrected chi connectivity index (χ2v) is 8.12. The molecule has 33 heavy (non-hydrogen) atoms. The molecule has 0 spiro atoms. The van der Waals surface area contributed by atoms with Crippen LogP contribution in [0.2, 0.25) is 5.02 Å². The molecule has 3 aromatic rings. The van der Waals surface area contributed by atoms with Gasteiger partial charge in [-0.15, -0.1) is 0 Å². The minimum Gasteiger partial charge on any atom is -0.331 e. The second-order valence-electron chi connectivity index (χ2n) is 7.69. The van der Waals surface area contributed by atoms with E-state index in [2.05, 4.69) is 20.2 Å². The van der Waals surface area contributed by atoms with Crippen molar-refractivity contribution in [1.29, 1.82) is 0 Å². The molecule has 0 atom stereocenters. The van der Waals surface area contributed by atoms with Crippen molar-refractivity contribution in [3.05, 3.63) is 81.2 Å². The van der Waals surface area contributed by atoms with E-state index in [0.29, 0.717) is 29.2 Å². The Morgan fingerprint density at radius 1 is 1.00 bits per heavy atom. The Labute approximate surface area is 198 Å². The molecular weight excluding hydrogens is 440 g/mol. The van der Waals surface area contributed by atoms with E-state index >= 15 is 0 Å². The van der Waals surface area contributed by atoms with Crippen molar-refractivity contribution in [3.63, 3.8) is 0 Å². The zero-order valence-corrected chi connectivity index (χ0v) is 19.1. The van der Waals surface area contributed by atoms with Gasteiger partial charge < -0.3 is 16.5 Å². The minimum atomic E-state index is -0.430. The normalized spacial score (nSPS) is 11.0. The molecule has 0 saturated heterocycles. The van der Waals surface area contributed by atoms with E-state index < -0.39 is 5.56 Å². The standard InChI is InChI=1S/C24H29ClN6O2/c25-20-9-7-19(8-10-20)22(32)29-24-28-15-21(23(33)30-24)18-5-3-17(4-6-18)16-31(13-1-11-26)14-2-12-27/h3-10,15H,1-2,11-14,16,26-27H2,(H2,28,29,30,32,33). The van der Waals surface area contributed by atoms with Crippen molar-refractivity contribution in [2.24, 2.45) is 11.5 Å². The van der Waals surface area contributed by atoms with Gasteiger partial charge in [0.1, 0.15) is 0 Å². The highest BCUT2D eigenvalue weighted by atomic mass is 35.5. The number of nitrogens with zero attached hydrogens (tertiary/aromatic N) is 2. The summed E-state index contributed by atoms with van der Waals surface area (Å²) in [6.45, 7) is 3.95. The van der Waals surface area contributed by atoms with Gasteiger partial charge >= 0.3 is 0 Å². The average molecular weight is 469 g/mol. The fourth-order valence-corrected chi connectivity index (χ4v) is 3.52. The zero-order valence-electron chi connectivity index (χ0n) is 18.4. The average Bonchev–Trinajstić information content (AvgIpc) is 2.82. The Hall–Kier alpha value is -3.04. The molecule has 0 fully saturated rings. The smallest absolute Gasteiger partial charge is 0.282 e. The molecule has 0 aliphatic heterocycles. The Morgan fingerprint density at radius 3 is 2.21 bits per heavy atom. The Kier molecular flexibility index (Phi) is 9.14. The maximum absolute atomic E-state index is 12.6. The highest BCUT2D eigenvalue weighted by Crippen LogP contribution is 2.17. The number of halogens is 1. The lowest BCUT2D eigenvalue weighted by molar-refractivity contribution is 0.102. The molecule has 1 aromatic heterocycles. The van der Waals surface area contributed by atoms with Crippen LogP contribution >= 0.6 is 11.6 Å². The molecule has 1 heterocycles. The van der Waals surface area contributed by atoms with Crippen LogP contribution in [0.25, 0.3) is 11.1 Å². The van der Waals surface area contributed by atoms with Crippen molar-refractivity contribution >= 4 is 23.5 Å². The van der Waals surface area contributed by atoms with Crippen LogP contribution in [0.15, 0.2) is 59.5 Å². The van der Waals surface area contributed by atoms with Crippen molar-refractivity contribution in [2.75, 3.05) is 31.5 Å². The number of anilines is 1. The SMILES string of the molecule is NCCCN(CCCN)Cc1ccc(-c2c[nH]c(NC(=O)c3ccc(Cl)cc3)nc2=O)cc1. The number of aromatic nitrogens is 2. The zero-order chi connectivity index (χ0) is 23.6. The third-order valence-corrected chi connectivity index (χ3v) is 5.42. The molecule has 8 nitrogen and oxygen atoms in total. The third kappa shape index (κ3) is 7.23. The van der Waals surface area contributed by atoms with Gasteiger partial charge in [0.2, 0.25) is 5.95 Å². The molecule has 0 saturated carbocycles. The molecular formula is C24H29ClN6O2. The molecule has 2 aromatic carbocycles. The van der Waals surface area contributed by atoms with E-state index in [9.17, 15) is 9.59 Å². The lowest BCUT2D eigenvalue weighted by Gasteiger charge is -2.22. The highest BCUT2D eigenvalue weighted by Gasteiger charge is 2.11. The van der Waals surface area contributed by atoms with Gasteiger partial charge in [0.05, 0.1) is 5.56 Å². The van der Waals surface area contributed by atoms with Crippen molar-refractivity contribution < 1.29 is 4.79 Å². The first-order valence-electron chi connectivity index (χ1n) is 10.9. The number of carbonyl (C=O) groups excluding carboxylic acids is 1. The number of aromatic amines is 1. The topological polar surface area (TPSA) is 130 Å².